The molecule has 1 rings (SSSR count). The van der Waals surface area contributed by atoms with Gasteiger partial charge in [-0.05, 0) is 0 Å². The summed E-state index contributed by atoms with van der Waals surface area (Å²) in [5.41, 5.74) is 1.43. The molecule has 1 aliphatic rings. The van der Waals surface area contributed by atoms with Gasteiger partial charge in [0.15, 0.2) is 5.92 Å². The summed E-state index contributed by atoms with van der Waals surface area (Å²) in [6.45, 7) is -1.36. The quantitative estimate of drug-likeness (QED) is 0.756. The molecule has 96 valence electrons. The third-order valence-electron chi connectivity index (χ3n) is 2.71. The monoisotopic (exact) mass is 257 g/mol. The van der Waals surface area contributed by atoms with E-state index in [0.717, 1.165) is 0 Å². The predicted octanol–water partition coefficient (Wildman–Crippen LogP) is 2.71. The van der Waals surface area contributed by atoms with E-state index in [1.54, 1.807) is 0 Å². The van der Waals surface area contributed by atoms with Crippen molar-refractivity contribution in [2.24, 2.45) is 17.1 Å². The molecule has 0 aliphatic heterocycles. The molecule has 1 nitrogen and oxygen atoms in total. The van der Waals surface area contributed by atoms with E-state index < -0.39 is 42.6 Å². The fraction of sp³-hybridized carbons (Fsp3) is 1.00. The number of alkyl halides is 8. The zero-order valence-electron chi connectivity index (χ0n) is 7.59. The lowest BCUT2D eigenvalue weighted by Crippen LogP contribution is -2.48. The molecule has 1 atom stereocenters. The van der Waals surface area contributed by atoms with Gasteiger partial charge in [-0.25, -0.2) is 8.78 Å². The molecule has 1 aliphatic carbocycles. The van der Waals surface area contributed by atoms with Crippen molar-refractivity contribution in [3.63, 3.8) is 0 Å². The van der Waals surface area contributed by atoms with E-state index in [1.807, 2.05) is 0 Å². The first kappa shape index (κ1) is 13.5. The summed E-state index contributed by atoms with van der Waals surface area (Å²) in [5, 5.41) is 0. The van der Waals surface area contributed by atoms with E-state index in [0.29, 0.717) is 0 Å². The lowest BCUT2D eigenvalue weighted by atomic mass is 9.87. The summed E-state index contributed by atoms with van der Waals surface area (Å²) >= 11 is 0. The molecule has 1 saturated carbocycles. The minimum Gasteiger partial charge on any atom is -0.330 e. The average molecular weight is 257 g/mol. The van der Waals surface area contributed by atoms with E-state index in [1.165, 1.54) is 0 Å². The third-order valence-corrected chi connectivity index (χ3v) is 2.71. The molecule has 0 bridgehead atoms. The molecule has 0 aromatic carbocycles. The number of nitrogens with two attached hydrogens (primary N) is 1. The van der Waals surface area contributed by atoms with Crippen molar-refractivity contribution in [1.29, 1.82) is 0 Å². The van der Waals surface area contributed by atoms with Crippen molar-refractivity contribution in [3.8, 4) is 0 Å². The van der Waals surface area contributed by atoms with Gasteiger partial charge in [0, 0.05) is 13.0 Å². The summed E-state index contributed by atoms with van der Waals surface area (Å²) in [7, 11) is 0. The van der Waals surface area contributed by atoms with Crippen LogP contribution in [0.5, 0.6) is 0 Å². The Morgan fingerprint density at radius 1 is 1.00 bits per heavy atom. The zero-order chi connectivity index (χ0) is 13.0. The fourth-order valence-corrected chi connectivity index (χ4v) is 1.82. The maximum absolute atomic E-state index is 12.7. The van der Waals surface area contributed by atoms with Gasteiger partial charge < -0.3 is 5.73 Å². The van der Waals surface area contributed by atoms with Gasteiger partial charge in [0.2, 0.25) is 0 Å². The number of rotatable bonds is 2. The molecule has 0 spiro atoms. The van der Waals surface area contributed by atoms with Crippen LogP contribution in [0.1, 0.15) is 6.42 Å². The molecule has 0 amide bonds. The Balaban J connectivity index is 3.15. The second-order valence-electron chi connectivity index (χ2n) is 3.76. The topological polar surface area (TPSA) is 26.0 Å². The van der Waals surface area contributed by atoms with Gasteiger partial charge in [0.05, 0.1) is 5.41 Å². The number of hydrogen-bond acceptors (Lipinski definition) is 1. The molecule has 0 aromatic rings. The first-order valence-corrected chi connectivity index (χ1v) is 4.10. The fourth-order valence-electron chi connectivity index (χ4n) is 1.82. The lowest BCUT2D eigenvalue weighted by Gasteiger charge is -2.30. The van der Waals surface area contributed by atoms with Gasteiger partial charge in [-0.2, -0.15) is 26.3 Å². The first-order valence-electron chi connectivity index (χ1n) is 4.10. The molecular formula is C7H7F8N. The van der Waals surface area contributed by atoms with E-state index in [2.05, 4.69) is 5.73 Å². The minimum atomic E-state index is -5.78. The van der Waals surface area contributed by atoms with Crippen molar-refractivity contribution < 1.29 is 35.1 Å². The van der Waals surface area contributed by atoms with Crippen molar-refractivity contribution in [2.45, 2.75) is 24.7 Å². The van der Waals surface area contributed by atoms with Crippen LogP contribution in [0.3, 0.4) is 0 Å². The molecule has 0 saturated heterocycles. The molecule has 0 aromatic heterocycles. The van der Waals surface area contributed by atoms with Crippen molar-refractivity contribution in [1.82, 2.24) is 0 Å². The van der Waals surface area contributed by atoms with Crippen LogP contribution in [0.25, 0.3) is 0 Å². The highest BCUT2D eigenvalue weighted by atomic mass is 19.4. The van der Waals surface area contributed by atoms with Gasteiger partial charge in [-0.15, -0.1) is 0 Å². The smallest absolute Gasteiger partial charge is 0.330 e. The molecule has 2 N–H and O–H groups in total. The SMILES string of the molecule is NCC1(C(C(F)(F)F)C(F)(F)F)CC1(F)F. The molecule has 1 unspecified atom stereocenters. The highest BCUT2D eigenvalue weighted by molar-refractivity contribution is 5.17. The second kappa shape index (κ2) is 3.21. The van der Waals surface area contributed by atoms with Crippen LogP contribution < -0.4 is 5.73 Å². The van der Waals surface area contributed by atoms with Crippen LogP contribution in [-0.4, -0.2) is 24.8 Å². The third kappa shape index (κ3) is 1.85. The van der Waals surface area contributed by atoms with Gasteiger partial charge in [0.1, 0.15) is 0 Å². The van der Waals surface area contributed by atoms with Crippen LogP contribution in [0, 0.1) is 11.3 Å². The molecule has 0 radical (unpaired) electrons. The van der Waals surface area contributed by atoms with E-state index in [4.69, 9.17) is 0 Å². The molecule has 9 heteroatoms. The Morgan fingerprint density at radius 2 is 1.31 bits per heavy atom. The van der Waals surface area contributed by atoms with Crippen molar-refractivity contribution >= 4 is 0 Å². The Bertz CT molecular complexity index is 265. The zero-order valence-corrected chi connectivity index (χ0v) is 7.59. The average Bonchev–Trinajstić information content (AvgIpc) is 2.47. The Morgan fingerprint density at radius 3 is 1.38 bits per heavy atom. The van der Waals surface area contributed by atoms with Crippen LogP contribution >= 0.6 is 0 Å². The predicted molar refractivity (Wildman–Crippen MR) is 36.7 cm³/mol. The number of hydrogen-bond donors (Lipinski definition) is 1. The highest BCUT2D eigenvalue weighted by Crippen LogP contribution is 2.69. The van der Waals surface area contributed by atoms with E-state index in [9.17, 15) is 35.1 Å². The second-order valence-corrected chi connectivity index (χ2v) is 3.76. The minimum absolute atomic E-state index is 1.36. The standard InChI is InChI=1S/C7H7F8N/c8-5(9)1-4(5,2-16)3(6(10,11)12)7(13,14)15/h3H,1-2,16H2. The summed E-state index contributed by atoms with van der Waals surface area (Å²) < 4.78 is 98.4. The summed E-state index contributed by atoms with van der Waals surface area (Å²) in [5.74, 6) is -8.09. The molecule has 0 heterocycles. The highest BCUT2D eigenvalue weighted by Gasteiger charge is 2.83. The normalized spacial score (nSPS) is 29.6. The van der Waals surface area contributed by atoms with Gasteiger partial charge >= 0.3 is 12.4 Å². The Labute approximate surface area is 84.6 Å². The maximum Gasteiger partial charge on any atom is 0.401 e. The van der Waals surface area contributed by atoms with Crippen molar-refractivity contribution in [3.05, 3.63) is 0 Å². The summed E-state index contributed by atoms with van der Waals surface area (Å²) in [6.07, 6.45) is -13.0. The largest absolute Gasteiger partial charge is 0.401 e. The molecule has 16 heavy (non-hydrogen) atoms. The van der Waals surface area contributed by atoms with Crippen LogP contribution in [0.2, 0.25) is 0 Å². The summed E-state index contributed by atoms with van der Waals surface area (Å²) in [4.78, 5) is 0. The van der Waals surface area contributed by atoms with Crippen molar-refractivity contribution in [2.75, 3.05) is 6.54 Å². The van der Waals surface area contributed by atoms with Gasteiger partial charge in [-0.1, -0.05) is 0 Å². The van der Waals surface area contributed by atoms with Crippen LogP contribution in [0.4, 0.5) is 35.1 Å². The lowest BCUT2D eigenvalue weighted by molar-refractivity contribution is -0.309. The Kier molecular flexibility index (Phi) is 2.70. The van der Waals surface area contributed by atoms with E-state index in [-0.39, 0.29) is 0 Å². The number of halogens is 8. The summed E-state index contributed by atoms with van der Waals surface area (Å²) in [6, 6.07) is 0. The van der Waals surface area contributed by atoms with Gasteiger partial charge in [-0.3, -0.25) is 0 Å². The van der Waals surface area contributed by atoms with Crippen LogP contribution in [-0.2, 0) is 0 Å². The first-order chi connectivity index (χ1) is 6.88. The molecule has 1 fully saturated rings. The van der Waals surface area contributed by atoms with E-state index >= 15 is 0 Å². The Hall–Kier alpha value is -0.600. The molecular weight excluding hydrogens is 250 g/mol. The maximum atomic E-state index is 12.7. The van der Waals surface area contributed by atoms with Gasteiger partial charge in [0.25, 0.3) is 5.92 Å². The van der Waals surface area contributed by atoms with Crippen LogP contribution in [0.15, 0.2) is 0 Å².